The van der Waals surface area contributed by atoms with Gasteiger partial charge in [0, 0.05) is 17.3 Å². The molecule has 0 aromatic carbocycles. The molecule has 2 aromatic heterocycles. The quantitative estimate of drug-likeness (QED) is 0.865. The molecule has 0 fully saturated rings. The molecule has 0 bridgehead atoms. The standard InChI is InChI=1S/C12H10Cl2N4O/c1-6-3-11(16-7(2)15-6)18-12(19)8-4-9(13)17-10(14)5-8/h3-5H,1-2H3,(H,15,16,18,19). The highest BCUT2D eigenvalue weighted by Crippen LogP contribution is 2.16. The number of rotatable bonds is 2. The summed E-state index contributed by atoms with van der Waals surface area (Å²) in [7, 11) is 0. The Balaban J connectivity index is 2.25. The van der Waals surface area contributed by atoms with Crippen LogP contribution >= 0.6 is 23.2 Å². The summed E-state index contributed by atoms with van der Waals surface area (Å²) in [6.45, 7) is 3.58. The van der Waals surface area contributed by atoms with Gasteiger partial charge in [-0.2, -0.15) is 0 Å². The van der Waals surface area contributed by atoms with Crippen molar-refractivity contribution in [3.63, 3.8) is 0 Å². The Labute approximate surface area is 120 Å². The topological polar surface area (TPSA) is 67.8 Å². The second kappa shape index (κ2) is 5.50. The van der Waals surface area contributed by atoms with Crippen molar-refractivity contribution in [2.45, 2.75) is 13.8 Å². The van der Waals surface area contributed by atoms with Gasteiger partial charge < -0.3 is 5.32 Å². The van der Waals surface area contributed by atoms with E-state index in [2.05, 4.69) is 20.3 Å². The molecule has 1 amide bonds. The van der Waals surface area contributed by atoms with Crippen LogP contribution in [0.1, 0.15) is 21.9 Å². The number of anilines is 1. The zero-order valence-corrected chi connectivity index (χ0v) is 11.7. The third kappa shape index (κ3) is 3.62. The summed E-state index contributed by atoms with van der Waals surface area (Å²) in [6.07, 6.45) is 0. The second-order valence-electron chi connectivity index (χ2n) is 3.90. The monoisotopic (exact) mass is 296 g/mol. The van der Waals surface area contributed by atoms with Crippen molar-refractivity contribution in [2.75, 3.05) is 5.32 Å². The molecule has 1 N–H and O–H groups in total. The molecular formula is C12H10Cl2N4O. The molecule has 5 nitrogen and oxygen atoms in total. The first-order valence-corrected chi connectivity index (χ1v) is 6.16. The number of hydrogen-bond donors (Lipinski definition) is 1. The van der Waals surface area contributed by atoms with Crippen molar-refractivity contribution in [1.82, 2.24) is 15.0 Å². The van der Waals surface area contributed by atoms with Crippen LogP contribution in [0.25, 0.3) is 0 Å². The van der Waals surface area contributed by atoms with Gasteiger partial charge in [-0.15, -0.1) is 0 Å². The number of halogens is 2. The molecule has 0 saturated heterocycles. The zero-order chi connectivity index (χ0) is 14.0. The van der Waals surface area contributed by atoms with Gasteiger partial charge in [0.15, 0.2) is 0 Å². The van der Waals surface area contributed by atoms with E-state index in [1.807, 2.05) is 6.92 Å². The fourth-order valence-electron chi connectivity index (χ4n) is 1.57. The number of aromatic nitrogens is 3. The van der Waals surface area contributed by atoms with E-state index in [1.165, 1.54) is 12.1 Å². The van der Waals surface area contributed by atoms with Crippen molar-refractivity contribution >= 4 is 34.9 Å². The minimum Gasteiger partial charge on any atom is -0.306 e. The number of carbonyl (C=O) groups is 1. The Bertz CT molecular complexity index is 605. The number of nitrogens with one attached hydrogen (secondary N) is 1. The van der Waals surface area contributed by atoms with Crippen molar-refractivity contribution in [2.24, 2.45) is 0 Å². The molecule has 0 aliphatic heterocycles. The maximum absolute atomic E-state index is 12.0. The fourth-order valence-corrected chi connectivity index (χ4v) is 2.03. The number of amides is 1. The molecule has 0 aliphatic carbocycles. The summed E-state index contributed by atoms with van der Waals surface area (Å²) >= 11 is 11.5. The number of nitrogens with zero attached hydrogens (tertiary/aromatic N) is 3. The summed E-state index contributed by atoms with van der Waals surface area (Å²) in [5.41, 5.74) is 1.09. The highest BCUT2D eigenvalue weighted by molar-refractivity contribution is 6.33. The molecule has 0 aliphatic rings. The van der Waals surface area contributed by atoms with E-state index < -0.39 is 0 Å². The first-order valence-electron chi connectivity index (χ1n) is 5.41. The van der Waals surface area contributed by atoms with Crippen molar-refractivity contribution in [3.8, 4) is 0 Å². The summed E-state index contributed by atoms with van der Waals surface area (Å²) in [5.74, 6) is 0.656. The van der Waals surface area contributed by atoms with E-state index in [9.17, 15) is 4.79 Å². The molecule has 0 saturated carbocycles. The molecule has 98 valence electrons. The van der Waals surface area contributed by atoms with Crippen molar-refractivity contribution in [1.29, 1.82) is 0 Å². The van der Waals surface area contributed by atoms with Gasteiger partial charge in [-0.3, -0.25) is 4.79 Å². The normalized spacial score (nSPS) is 10.3. The van der Waals surface area contributed by atoms with Gasteiger partial charge in [0.2, 0.25) is 0 Å². The lowest BCUT2D eigenvalue weighted by atomic mass is 10.2. The fraction of sp³-hybridized carbons (Fsp3) is 0.167. The highest BCUT2D eigenvalue weighted by atomic mass is 35.5. The number of hydrogen-bond acceptors (Lipinski definition) is 4. The lowest BCUT2D eigenvalue weighted by Gasteiger charge is -2.06. The molecule has 7 heteroatoms. The first-order chi connectivity index (χ1) is 8.94. The molecule has 0 atom stereocenters. The summed E-state index contributed by atoms with van der Waals surface area (Å²) in [6, 6.07) is 4.54. The summed E-state index contributed by atoms with van der Waals surface area (Å²) < 4.78 is 0. The largest absolute Gasteiger partial charge is 0.306 e. The van der Waals surface area contributed by atoms with Crippen molar-refractivity contribution < 1.29 is 4.79 Å². The average molecular weight is 297 g/mol. The Morgan fingerprint density at radius 2 is 1.68 bits per heavy atom. The van der Waals surface area contributed by atoms with Crippen molar-refractivity contribution in [3.05, 3.63) is 45.6 Å². The average Bonchev–Trinajstić information content (AvgIpc) is 2.25. The van der Waals surface area contributed by atoms with Crippen LogP contribution in [0.4, 0.5) is 5.82 Å². The van der Waals surface area contributed by atoms with Gasteiger partial charge >= 0.3 is 0 Å². The van der Waals surface area contributed by atoms with E-state index in [4.69, 9.17) is 23.2 Å². The Kier molecular flexibility index (Phi) is 3.97. The molecule has 2 rings (SSSR count). The lowest BCUT2D eigenvalue weighted by Crippen LogP contribution is -2.14. The van der Waals surface area contributed by atoms with Gasteiger partial charge in [0.25, 0.3) is 5.91 Å². The van der Waals surface area contributed by atoms with E-state index in [0.717, 1.165) is 5.69 Å². The molecule has 2 heterocycles. The highest BCUT2D eigenvalue weighted by Gasteiger charge is 2.10. The van der Waals surface area contributed by atoms with Gasteiger partial charge in [-0.1, -0.05) is 23.2 Å². The maximum Gasteiger partial charge on any atom is 0.257 e. The Hall–Kier alpha value is -1.72. The predicted molar refractivity (Wildman–Crippen MR) is 73.7 cm³/mol. The Morgan fingerprint density at radius 3 is 2.26 bits per heavy atom. The van der Waals surface area contributed by atoms with Gasteiger partial charge in [0.1, 0.15) is 21.9 Å². The number of pyridine rings is 1. The maximum atomic E-state index is 12.0. The number of aryl methyl sites for hydroxylation is 2. The SMILES string of the molecule is Cc1cc(NC(=O)c2cc(Cl)nc(Cl)c2)nc(C)n1. The minimum absolute atomic E-state index is 0.160. The van der Waals surface area contributed by atoms with Crippen LogP contribution in [0.5, 0.6) is 0 Å². The third-order valence-electron chi connectivity index (χ3n) is 2.23. The Morgan fingerprint density at radius 1 is 1.05 bits per heavy atom. The van der Waals surface area contributed by atoms with Crippen LogP contribution in [0.3, 0.4) is 0 Å². The molecule has 19 heavy (non-hydrogen) atoms. The summed E-state index contributed by atoms with van der Waals surface area (Å²) in [5, 5.41) is 2.98. The van der Waals surface area contributed by atoms with Gasteiger partial charge in [-0.05, 0) is 26.0 Å². The lowest BCUT2D eigenvalue weighted by molar-refractivity contribution is 0.102. The van der Waals surface area contributed by atoms with E-state index in [-0.39, 0.29) is 16.2 Å². The summed E-state index contributed by atoms with van der Waals surface area (Å²) in [4.78, 5) is 24.0. The molecular weight excluding hydrogens is 287 g/mol. The predicted octanol–water partition coefficient (Wildman–Crippen LogP) is 3.05. The van der Waals surface area contributed by atoms with Crippen LogP contribution in [-0.2, 0) is 0 Å². The van der Waals surface area contributed by atoms with Crippen LogP contribution in [-0.4, -0.2) is 20.9 Å². The van der Waals surface area contributed by atoms with Crippen LogP contribution in [0.15, 0.2) is 18.2 Å². The molecule has 0 radical (unpaired) electrons. The third-order valence-corrected chi connectivity index (χ3v) is 2.62. The van der Waals surface area contributed by atoms with Crippen LogP contribution < -0.4 is 5.32 Å². The van der Waals surface area contributed by atoms with Crippen LogP contribution in [0, 0.1) is 13.8 Å². The number of carbonyl (C=O) groups excluding carboxylic acids is 1. The minimum atomic E-state index is -0.358. The van der Waals surface area contributed by atoms with Gasteiger partial charge in [-0.25, -0.2) is 15.0 Å². The van der Waals surface area contributed by atoms with E-state index in [1.54, 1.807) is 13.0 Å². The van der Waals surface area contributed by atoms with Crippen LogP contribution in [0.2, 0.25) is 10.3 Å². The zero-order valence-electron chi connectivity index (χ0n) is 10.2. The van der Waals surface area contributed by atoms with E-state index in [0.29, 0.717) is 17.2 Å². The molecule has 0 spiro atoms. The molecule has 0 unspecified atom stereocenters. The van der Waals surface area contributed by atoms with Gasteiger partial charge in [0.05, 0.1) is 0 Å². The smallest absolute Gasteiger partial charge is 0.257 e. The second-order valence-corrected chi connectivity index (χ2v) is 4.67. The van der Waals surface area contributed by atoms with E-state index >= 15 is 0 Å². The molecule has 2 aromatic rings. The first kappa shape index (κ1) is 13.7.